The lowest BCUT2D eigenvalue weighted by molar-refractivity contribution is 1.04. The Bertz CT molecular complexity index is 505. The molecule has 92 valence electrons. The van der Waals surface area contributed by atoms with Gasteiger partial charge in [0.15, 0.2) is 0 Å². The average molecular weight is 258 g/mol. The summed E-state index contributed by atoms with van der Waals surface area (Å²) in [6.45, 7) is 2.66. The molecule has 1 unspecified atom stereocenters. The number of alkyl halides is 1. The van der Waals surface area contributed by atoms with Crippen molar-refractivity contribution in [1.29, 1.82) is 0 Å². The molecule has 0 saturated heterocycles. The number of halogens is 1. The maximum Gasteiger partial charge on any atom is 0.0960 e. The van der Waals surface area contributed by atoms with Gasteiger partial charge in [0.05, 0.1) is 11.9 Å². The van der Waals surface area contributed by atoms with Crippen LogP contribution in [0.3, 0.4) is 0 Å². The van der Waals surface area contributed by atoms with E-state index in [0.29, 0.717) is 6.54 Å². The van der Waals surface area contributed by atoms with E-state index in [2.05, 4.69) is 17.1 Å². The highest BCUT2D eigenvalue weighted by molar-refractivity contribution is 6.31. The maximum atomic E-state index is 6.39. The van der Waals surface area contributed by atoms with E-state index in [1.807, 2.05) is 55.5 Å². The van der Waals surface area contributed by atoms with Crippen molar-refractivity contribution in [3.8, 4) is 0 Å². The second-order valence-corrected chi connectivity index (χ2v) is 4.65. The van der Waals surface area contributed by atoms with Gasteiger partial charge in [-0.2, -0.15) is 0 Å². The minimum absolute atomic E-state index is 0.144. The van der Waals surface area contributed by atoms with E-state index in [1.165, 1.54) is 5.56 Å². The Balaban J connectivity index is 2.05. The molecule has 0 spiro atoms. The molecule has 0 saturated carbocycles. The first-order valence-electron chi connectivity index (χ1n) is 6.01. The second kappa shape index (κ2) is 6.36. The van der Waals surface area contributed by atoms with Crippen LogP contribution < -0.4 is 0 Å². The molecule has 0 heterocycles. The largest absolute Gasteiger partial charge is 0.288 e. The van der Waals surface area contributed by atoms with Gasteiger partial charge in [-0.1, -0.05) is 60.7 Å². The summed E-state index contributed by atoms with van der Waals surface area (Å²) in [7, 11) is 0. The van der Waals surface area contributed by atoms with Crippen LogP contribution in [0.15, 0.2) is 65.7 Å². The van der Waals surface area contributed by atoms with E-state index in [4.69, 9.17) is 11.6 Å². The van der Waals surface area contributed by atoms with Crippen molar-refractivity contribution in [1.82, 2.24) is 0 Å². The van der Waals surface area contributed by atoms with Crippen LogP contribution in [0.2, 0.25) is 0 Å². The highest BCUT2D eigenvalue weighted by Gasteiger charge is 2.10. The van der Waals surface area contributed by atoms with Crippen molar-refractivity contribution in [3.63, 3.8) is 0 Å². The molecule has 2 heteroatoms. The van der Waals surface area contributed by atoms with Gasteiger partial charge >= 0.3 is 0 Å². The Labute approximate surface area is 113 Å². The zero-order valence-electron chi connectivity index (χ0n) is 10.4. The topological polar surface area (TPSA) is 12.4 Å². The molecule has 1 atom stereocenters. The van der Waals surface area contributed by atoms with Crippen molar-refractivity contribution in [2.24, 2.45) is 4.99 Å². The van der Waals surface area contributed by atoms with Gasteiger partial charge in [-0.3, -0.25) is 4.99 Å². The summed E-state index contributed by atoms with van der Waals surface area (Å²) in [6, 6.07) is 20.2. The molecule has 0 aromatic heterocycles. The van der Waals surface area contributed by atoms with E-state index in [0.717, 1.165) is 11.3 Å². The summed E-state index contributed by atoms with van der Waals surface area (Å²) in [6.07, 6.45) is 0. The standard InChI is InChI=1S/C16H16ClN/c1-13(16(17)15-10-6-3-7-11-15)18-12-14-8-4-2-5-9-14/h2-11,16H,12H2,1H3. The summed E-state index contributed by atoms with van der Waals surface area (Å²) in [5.74, 6) is 0. The molecule has 1 nitrogen and oxygen atoms in total. The minimum Gasteiger partial charge on any atom is -0.288 e. The number of hydrogen-bond acceptors (Lipinski definition) is 1. The lowest BCUT2D eigenvalue weighted by Gasteiger charge is -2.09. The Hall–Kier alpha value is -1.60. The third-order valence-corrected chi connectivity index (χ3v) is 3.38. The van der Waals surface area contributed by atoms with Crippen molar-refractivity contribution in [2.45, 2.75) is 18.8 Å². The normalized spacial score (nSPS) is 13.3. The van der Waals surface area contributed by atoms with Gasteiger partial charge in [-0.25, -0.2) is 0 Å². The molecule has 0 aliphatic carbocycles. The lowest BCUT2D eigenvalue weighted by Crippen LogP contribution is -2.03. The number of benzene rings is 2. The third-order valence-electron chi connectivity index (χ3n) is 2.81. The molecular weight excluding hydrogens is 242 g/mol. The van der Waals surface area contributed by atoms with Crippen molar-refractivity contribution >= 4 is 17.3 Å². The van der Waals surface area contributed by atoms with Gasteiger partial charge in [-0.05, 0) is 18.1 Å². The molecular formula is C16H16ClN. The van der Waals surface area contributed by atoms with Crippen LogP contribution in [-0.2, 0) is 6.54 Å². The van der Waals surface area contributed by atoms with Gasteiger partial charge < -0.3 is 0 Å². The Morgan fingerprint density at radius 2 is 1.56 bits per heavy atom. The van der Waals surface area contributed by atoms with E-state index < -0.39 is 0 Å². The average Bonchev–Trinajstić information content (AvgIpc) is 2.46. The van der Waals surface area contributed by atoms with Crippen LogP contribution in [0.5, 0.6) is 0 Å². The van der Waals surface area contributed by atoms with E-state index >= 15 is 0 Å². The number of rotatable bonds is 4. The summed E-state index contributed by atoms with van der Waals surface area (Å²) in [5.41, 5.74) is 3.24. The molecule has 0 amide bonds. The van der Waals surface area contributed by atoms with Gasteiger partial charge in [0, 0.05) is 5.71 Å². The van der Waals surface area contributed by atoms with Gasteiger partial charge in [-0.15, -0.1) is 11.6 Å². The first-order valence-corrected chi connectivity index (χ1v) is 6.45. The third kappa shape index (κ3) is 3.44. The zero-order valence-corrected chi connectivity index (χ0v) is 11.1. The Morgan fingerprint density at radius 1 is 1.00 bits per heavy atom. The minimum atomic E-state index is -0.144. The maximum absolute atomic E-state index is 6.39. The first kappa shape index (κ1) is 12.8. The molecule has 18 heavy (non-hydrogen) atoms. The number of hydrogen-bond donors (Lipinski definition) is 0. The first-order chi connectivity index (χ1) is 8.77. The van der Waals surface area contributed by atoms with Gasteiger partial charge in [0.1, 0.15) is 0 Å². The quantitative estimate of drug-likeness (QED) is 0.559. The monoisotopic (exact) mass is 257 g/mol. The SMILES string of the molecule is CC(=NCc1ccccc1)C(Cl)c1ccccc1. The molecule has 0 fully saturated rings. The fourth-order valence-electron chi connectivity index (χ4n) is 1.74. The predicted octanol–water partition coefficient (Wildman–Crippen LogP) is 4.63. The van der Waals surface area contributed by atoms with Crippen LogP contribution >= 0.6 is 11.6 Å². The fraction of sp³-hybridized carbons (Fsp3) is 0.188. The van der Waals surface area contributed by atoms with Crippen LogP contribution in [0.4, 0.5) is 0 Å². The fourth-order valence-corrected chi connectivity index (χ4v) is 1.96. The number of nitrogens with zero attached hydrogens (tertiary/aromatic N) is 1. The van der Waals surface area contributed by atoms with Crippen molar-refractivity contribution in [2.75, 3.05) is 0 Å². The van der Waals surface area contributed by atoms with Gasteiger partial charge in [0.25, 0.3) is 0 Å². The molecule has 2 rings (SSSR count). The Morgan fingerprint density at radius 3 is 2.17 bits per heavy atom. The predicted molar refractivity (Wildman–Crippen MR) is 78.3 cm³/mol. The van der Waals surface area contributed by atoms with Crippen LogP contribution in [0, 0.1) is 0 Å². The number of aliphatic imine (C=N–C) groups is 1. The van der Waals surface area contributed by atoms with E-state index in [9.17, 15) is 0 Å². The molecule has 0 N–H and O–H groups in total. The van der Waals surface area contributed by atoms with E-state index in [-0.39, 0.29) is 5.38 Å². The molecule has 2 aromatic rings. The smallest absolute Gasteiger partial charge is 0.0960 e. The highest BCUT2D eigenvalue weighted by atomic mass is 35.5. The van der Waals surface area contributed by atoms with Crippen LogP contribution in [-0.4, -0.2) is 5.71 Å². The van der Waals surface area contributed by atoms with Crippen molar-refractivity contribution < 1.29 is 0 Å². The van der Waals surface area contributed by atoms with Crippen LogP contribution in [0.25, 0.3) is 0 Å². The summed E-state index contributed by atoms with van der Waals surface area (Å²) < 4.78 is 0. The molecule has 0 aliphatic heterocycles. The Kier molecular flexibility index (Phi) is 4.54. The zero-order chi connectivity index (χ0) is 12.8. The van der Waals surface area contributed by atoms with Gasteiger partial charge in [0.2, 0.25) is 0 Å². The lowest BCUT2D eigenvalue weighted by atomic mass is 10.1. The summed E-state index contributed by atoms with van der Waals surface area (Å²) in [5, 5.41) is -0.144. The second-order valence-electron chi connectivity index (χ2n) is 4.22. The van der Waals surface area contributed by atoms with Crippen molar-refractivity contribution in [3.05, 3.63) is 71.8 Å². The summed E-state index contributed by atoms with van der Waals surface area (Å²) in [4.78, 5) is 4.56. The molecule has 0 bridgehead atoms. The molecule has 2 aromatic carbocycles. The highest BCUT2D eigenvalue weighted by Crippen LogP contribution is 2.22. The van der Waals surface area contributed by atoms with Crippen LogP contribution in [0.1, 0.15) is 23.4 Å². The summed E-state index contributed by atoms with van der Waals surface area (Å²) >= 11 is 6.39. The molecule has 0 aliphatic rings. The molecule has 0 radical (unpaired) electrons. The van der Waals surface area contributed by atoms with E-state index in [1.54, 1.807) is 0 Å².